The van der Waals surface area contributed by atoms with Gasteiger partial charge in [0.2, 0.25) is 0 Å². The second-order valence-electron chi connectivity index (χ2n) is 1.92. The highest BCUT2D eigenvalue weighted by Gasteiger charge is 1.71. The van der Waals surface area contributed by atoms with Crippen molar-refractivity contribution in [2.75, 3.05) is 0 Å². The van der Waals surface area contributed by atoms with Gasteiger partial charge in [0.05, 0.1) is 10.2 Å². The SMILES string of the molecule is CC(C)=CCC=C[Si]. The van der Waals surface area contributed by atoms with Gasteiger partial charge in [-0.2, -0.15) is 0 Å². The van der Waals surface area contributed by atoms with Crippen LogP contribution in [0.2, 0.25) is 0 Å². The second kappa shape index (κ2) is 4.85. The van der Waals surface area contributed by atoms with Gasteiger partial charge in [-0.05, 0) is 20.3 Å². The molecule has 3 radical (unpaired) electrons. The summed E-state index contributed by atoms with van der Waals surface area (Å²) < 4.78 is 0. The first kappa shape index (κ1) is 7.70. The quantitative estimate of drug-likeness (QED) is 0.389. The lowest BCUT2D eigenvalue weighted by Gasteiger charge is -1.83. The van der Waals surface area contributed by atoms with E-state index >= 15 is 0 Å². The second-order valence-corrected chi connectivity index (χ2v) is 2.25. The average molecular weight is 123 g/mol. The molecule has 0 aromatic heterocycles. The molecule has 1 heteroatoms. The molecule has 0 aliphatic heterocycles. The summed E-state index contributed by atoms with van der Waals surface area (Å²) >= 11 is 0. The van der Waals surface area contributed by atoms with Crippen molar-refractivity contribution < 1.29 is 0 Å². The Bertz CT molecular complexity index is 97.0. The minimum atomic E-state index is 1.03. The summed E-state index contributed by atoms with van der Waals surface area (Å²) in [6, 6.07) is 0. The number of hydrogen-bond acceptors (Lipinski definition) is 0. The van der Waals surface area contributed by atoms with Crippen LogP contribution in [0.15, 0.2) is 23.4 Å². The monoisotopic (exact) mass is 123 g/mol. The van der Waals surface area contributed by atoms with Crippen LogP contribution in [0.5, 0.6) is 0 Å². The maximum atomic E-state index is 3.23. The lowest BCUT2D eigenvalue weighted by atomic mass is 10.3. The Hall–Kier alpha value is -0.303. The molecule has 0 fully saturated rings. The summed E-state index contributed by atoms with van der Waals surface area (Å²) in [6.45, 7) is 4.20. The maximum absolute atomic E-state index is 3.23. The van der Waals surface area contributed by atoms with Crippen LogP contribution in [0.1, 0.15) is 20.3 Å². The fraction of sp³-hybridized carbons (Fsp3) is 0.429. The predicted molar refractivity (Wildman–Crippen MR) is 38.9 cm³/mol. The molecule has 0 rings (SSSR count). The topological polar surface area (TPSA) is 0 Å². The van der Waals surface area contributed by atoms with Crippen molar-refractivity contribution in [3.63, 3.8) is 0 Å². The van der Waals surface area contributed by atoms with Gasteiger partial charge in [-0.15, -0.1) is 5.70 Å². The van der Waals surface area contributed by atoms with E-state index in [1.165, 1.54) is 5.57 Å². The Kier molecular flexibility index (Phi) is 4.66. The highest BCUT2D eigenvalue weighted by atomic mass is 28.1. The molecule has 0 bridgehead atoms. The molecule has 0 unspecified atom stereocenters. The van der Waals surface area contributed by atoms with Crippen LogP contribution in [-0.4, -0.2) is 10.2 Å². The third kappa shape index (κ3) is 5.70. The number of hydrogen-bond donors (Lipinski definition) is 0. The van der Waals surface area contributed by atoms with E-state index in [2.05, 4.69) is 36.2 Å². The Morgan fingerprint density at radius 2 is 2.12 bits per heavy atom. The molecule has 0 atom stereocenters. The zero-order valence-corrected chi connectivity index (χ0v) is 6.44. The lowest BCUT2D eigenvalue weighted by Crippen LogP contribution is -1.63. The maximum Gasteiger partial charge on any atom is 0.0596 e. The molecule has 0 aromatic carbocycles. The molecule has 0 heterocycles. The average Bonchev–Trinajstić information content (AvgIpc) is 1.66. The fourth-order valence-electron chi connectivity index (χ4n) is 0.372. The van der Waals surface area contributed by atoms with Crippen LogP contribution in [0.3, 0.4) is 0 Å². The zero-order chi connectivity index (χ0) is 6.41. The lowest BCUT2D eigenvalue weighted by molar-refractivity contribution is 1.28. The summed E-state index contributed by atoms with van der Waals surface area (Å²) in [5, 5.41) is 0. The third-order valence-corrected chi connectivity index (χ3v) is 1.02. The molecule has 0 aliphatic carbocycles. The van der Waals surface area contributed by atoms with Crippen LogP contribution in [0.25, 0.3) is 0 Å². The summed E-state index contributed by atoms with van der Waals surface area (Å²) in [6.07, 6.45) is 5.27. The molecule has 8 heavy (non-hydrogen) atoms. The molecule has 0 saturated carbocycles. The van der Waals surface area contributed by atoms with Crippen molar-refractivity contribution in [1.82, 2.24) is 0 Å². The van der Waals surface area contributed by atoms with Gasteiger partial charge in [-0.3, -0.25) is 0 Å². The molecule has 0 aliphatic rings. The minimum Gasteiger partial charge on any atom is -0.106 e. The van der Waals surface area contributed by atoms with Gasteiger partial charge in [0.25, 0.3) is 0 Å². The molecule has 0 saturated heterocycles. The summed E-state index contributed by atoms with van der Waals surface area (Å²) in [7, 11) is 3.23. The first-order valence-electron chi connectivity index (χ1n) is 2.73. The molecule has 0 amide bonds. The first-order valence-corrected chi connectivity index (χ1v) is 3.30. The van der Waals surface area contributed by atoms with Gasteiger partial charge in [-0.25, -0.2) is 0 Å². The van der Waals surface area contributed by atoms with Crippen LogP contribution in [0, 0.1) is 0 Å². The molecule has 0 aromatic rings. The van der Waals surface area contributed by atoms with Crippen molar-refractivity contribution in [3.8, 4) is 0 Å². The smallest absolute Gasteiger partial charge is 0.0596 e. The Morgan fingerprint density at radius 1 is 1.50 bits per heavy atom. The van der Waals surface area contributed by atoms with Gasteiger partial charge in [-0.1, -0.05) is 17.7 Å². The van der Waals surface area contributed by atoms with Crippen molar-refractivity contribution >= 4 is 10.2 Å². The Labute approximate surface area is 54.7 Å². The van der Waals surface area contributed by atoms with Crippen LogP contribution < -0.4 is 0 Å². The minimum absolute atomic E-state index is 1.03. The van der Waals surface area contributed by atoms with E-state index in [9.17, 15) is 0 Å². The molecule has 0 N–H and O–H groups in total. The van der Waals surface area contributed by atoms with Crippen molar-refractivity contribution in [2.45, 2.75) is 20.3 Å². The van der Waals surface area contributed by atoms with Gasteiger partial charge >= 0.3 is 0 Å². The summed E-state index contributed by atoms with van der Waals surface area (Å²) in [5.74, 6) is 0. The van der Waals surface area contributed by atoms with Crippen LogP contribution in [0.4, 0.5) is 0 Å². The highest BCUT2D eigenvalue weighted by molar-refractivity contribution is 6.16. The predicted octanol–water partition coefficient (Wildman–Crippen LogP) is 2.02. The van der Waals surface area contributed by atoms with E-state index in [0.29, 0.717) is 0 Å². The molecular formula is C7H11Si. The van der Waals surface area contributed by atoms with Gasteiger partial charge < -0.3 is 0 Å². The third-order valence-electron chi connectivity index (χ3n) is 0.780. The van der Waals surface area contributed by atoms with E-state index in [4.69, 9.17) is 0 Å². The van der Waals surface area contributed by atoms with Crippen molar-refractivity contribution in [3.05, 3.63) is 23.4 Å². The zero-order valence-electron chi connectivity index (χ0n) is 5.44. The fourth-order valence-corrected chi connectivity index (χ4v) is 0.508. The largest absolute Gasteiger partial charge is 0.106 e. The van der Waals surface area contributed by atoms with Crippen LogP contribution >= 0.6 is 0 Å². The van der Waals surface area contributed by atoms with Crippen molar-refractivity contribution in [2.24, 2.45) is 0 Å². The van der Waals surface area contributed by atoms with E-state index in [1.807, 2.05) is 5.70 Å². The summed E-state index contributed by atoms with van der Waals surface area (Å²) in [4.78, 5) is 0. The van der Waals surface area contributed by atoms with Crippen molar-refractivity contribution in [1.29, 1.82) is 0 Å². The molecule has 0 nitrogen and oxygen atoms in total. The van der Waals surface area contributed by atoms with Crippen LogP contribution in [-0.2, 0) is 0 Å². The van der Waals surface area contributed by atoms with E-state index in [0.717, 1.165) is 6.42 Å². The highest BCUT2D eigenvalue weighted by Crippen LogP contribution is 1.92. The Balaban J connectivity index is 3.30. The normalized spacial score (nSPS) is 9.88. The van der Waals surface area contributed by atoms with Gasteiger partial charge in [0.15, 0.2) is 0 Å². The summed E-state index contributed by atoms with van der Waals surface area (Å²) in [5.41, 5.74) is 3.24. The van der Waals surface area contributed by atoms with Gasteiger partial charge in [0, 0.05) is 0 Å². The van der Waals surface area contributed by atoms with Gasteiger partial charge in [0.1, 0.15) is 0 Å². The number of rotatable bonds is 2. The molecule has 43 valence electrons. The molecular weight excluding hydrogens is 112 g/mol. The molecule has 0 spiro atoms. The Morgan fingerprint density at radius 3 is 2.50 bits per heavy atom. The van der Waals surface area contributed by atoms with E-state index in [-0.39, 0.29) is 0 Å². The van der Waals surface area contributed by atoms with E-state index in [1.54, 1.807) is 0 Å². The standard InChI is InChI=1S/C7H11Si/c1-7(2)5-3-4-6-8/h4-6H,3H2,1-2H3. The number of allylic oxidation sites excluding steroid dienone is 3. The first-order chi connectivity index (χ1) is 3.77. The van der Waals surface area contributed by atoms with E-state index < -0.39 is 0 Å².